The maximum absolute atomic E-state index is 11.8. The van der Waals surface area contributed by atoms with Crippen molar-refractivity contribution in [1.29, 1.82) is 0 Å². The molecule has 1 heterocycles. The summed E-state index contributed by atoms with van der Waals surface area (Å²) >= 11 is 1.16. The summed E-state index contributed by atoms with van der Waals surface area (Å²) in [5.41, 5.74) is 7.58. The number of hydrogen-bond acceptors (Lipinski definition) is 6. The number of benzene rings is 2. The first-order valence-electron chi connectivity index (χ1n) is 8.89. The second-order valence-corrected chi connectivity index (χ2v) is 7.09. The number of nitrogens with zero attached hydrogens (tertiary/aromatic N) is 1. The molecular formula is C21H22N2O4S. The average Bonchev–Trinajstić information content (AvgIpc) is 3.00. The number of carbonyl (C=O) groups excluding carboxylic acids is 1. The van der Waals surface area contributed by atoms with Gasteiger partial charge in [0.15, 0.2) is 5.17 Å². The minimum absolute atomic E-state index is 0.260. The molecule has 0 radical (unpaired) electrons. The van der Waals surface area contributed by atoms with Gasteiger partial charge in [-0.1, -0.05) is 35.9 Å². The third kappa shape index (κ3) is 5.87. The van der Waals surface area contributed by atoms with Crippen molar-refractivity contribution in [3.63, 3.8) is 0 Å². The van der Waals surface area contributed by atoms with Gasteiger partial charge in [-0.05, 0) is 43.0 Å². The van der Waals surface area contributed by atoms with Crippen LogP contribution in [-0.2, 0) is 9.53 Å². The van der Waals surface area contributed by atoms with Gasteiger partial charge < -0.3 is 19.9 Å². The molecule has 0 aliphatic carbocycles. The molecule has 28 heavy (non-hydrogen) atoms. The summed E-state index contributed by atoms with van der Waals surface area (Å²) in [7, 11) is 0. The van der Waals surface area contributed by atoms with E-state index in [9.17, 15) is 4.79 Å². The number of thioether (sulfide) groups is 1. The van der Waals surface area contributed by atoms with Gasteiger partial charge in [0.1, 0.15) is 24.7 Å². The fourth-order valence-corrected chi connectivity index (χ4v) is 3.14. The Labute approximate surface area is 168 Å². The lowest BCUT2D eigenvalue weighted by Gasteiger charge is -2.10. The first-order valence-corrected chi connectivity index (χ1v) is 9.70. The van der Waals surface area contributed by atoms with Crippen LogP contribution in [0.3, 0.4) is 0 Å². The van der Waals surface area contributed by atoms with Crippen LogP contribution in [0, 0.1) is 6.92 Å². The molecule has 146 valence electrons. The van der Waals surface area contributed by atoms with Gasteiger partial charge in [0.2, 0.25) is 0 Å². The van der Waals surface area contributed by atoms with E-state index in [0.29, 0.717) is 37.1 Å². The van der Waals surface area contributed by atoms with E-state index in [0.717, 1.165) is 23.1 Å². The van der Waals surface area contributed by atoms with Gasteiger partial charge in [0, 0.05) is 5.56 Å². The zero-order chi connectivity index (χ0) is 19.8. The van der Waals surface area contributed by atoms with Crippen molar-refractivity contribution in [1.82, 2.24) is 0 Å². The summed E-state index contributed by atoms with van der Waals surface area (Å²) in [6.45, 7) is 3.82. The Hall–Kier alpha value is -2.77. The van der Waals surface area contributed by atoms with Crippen molar-refractivity contribution >= 4 is 28.9 Å². The van der Waals surface area contributed by atoms with Crippen molar-refractivity contribution in [2.45, 2.75) is 6.92 Å². The van der Waals surface area contributed by atoms with Crippen molar-refractivity contribution in [2.75, 3.05) is 26.4 Å². The number of aryl methyl sites for hydroxylation is 1. The van der Waals surface area contributed by atoms with E-state index in [1.54, 1.807) is 6.08 Å². The van der Waals surface area contributed by atoms with E-state index in [1.165, 1.54) is 5.56 Å². The molecule has 2 N–H and O–H groups in total. The number of ether oxygens (including phenoxy) is 3. The summed E-state index contributed by atoms with van der Waals surface area (Å²) in [5.74, 6) is 1.18. The molecule has 1 aliphatic heterocycles. The maximum atomic E-state index is 11.8. The van der Waals surface area contributed by atoms with Crippen LogP contribution < -0.4 is 15.2 Å². The molecule has 0 unspecified atom stereocenters. The third-order valence-electron chi connectivity index (χ3n) is 3.85. The van der Waals surface area contributed by atoms with E-state index in [1.807, 2.05) is 55.5 Å². The fourth-order valence-electron chi connectivity index (χ4n) is 2.46. The Morgan fingerprint density at radius 3 is 2.43 bits per heavy atom. The molecule has 6 nitrogen and oxygen atoms in total. The van der Waals surface area contributed by atoms with Gasteiger partial charge in [-0.15, -0.1) is 0 Å². The Morgan fingerprint density at radius 2 is 1.71 bits per heavy atom. The molecule has 0 atom stereocenters. The number of para-hydroxylation sites is 1. The largest absolute Gasteiger partial charge is 0.491 e. The molecule has 0 fully saturated rings. The molecule has 0 aromatic heterocycles. The van der Waals surface area contributed by atoms with Crippen molar-refractivity contribution in [3.8, 4) is 11.5 Å². The normalized spacial score (nSPS) is 15.0. The number of rotatable bonds is 9. The monoisotopic (exact) mass is 398 g/mol. The van der Waals surface area contributed by atoms with Gasteiger partial charge in [-0.3, -0.25) is 4.79 Å². The van der Waals surface area contributed by atoms with Crippen molar-refractivity contribution in [2.24, 2.45) is 10.7 Å². The Morgan fingerprint density at radius 1 is 1.00 bits per heavy atom. The van der Waals surface area contributed by atoms with Crippen LogP contribution in [0.5, 0.6) is 11.5 Å². The molecular weight excluding hydrogens is 376 g/mol. The predicted molar refractivity (Wildman–Crippen MR) is 112 cm³/mol. The molecule has 1 aliphatic rings. The SMILES string of the molecule is Cc1ccc(OCCOCCOc2ccccc2/C=C2/SC(N)=NC2=O)cc1. The van der Waals surface area contributed by atoms with Crippen LogP contribution in [0.4, 0.5) is 0 Å². The molecule has 0 saturated carbocycles. The highest BCUT2D eigenvalue weighted by atomic mass is 32.2. The Kier molecular flexibility index (Phi) is 7.11. The number of carbonyl (C=O) groups is 1. The summed E-state index contributed by atoms with van der Waals surface area (Å²) in [4.78, 5) is 15.9. The van der Waals surface area contributed by atoms with Crippen LogP contribution in [0.15, 0.2) is 58.4 Å². The summed E-state index contributed by atoms with van der Waals surface area (Å²) < 4.78 is 16.9. The molecule has 0 bridgehead atoms. The van der Waals surface area contributed by atoms with Gasteiger partial charge in [-0.25, -0.2) is 0 Å². The van der Waals surface area contributed by atoms with Crippen LogP contribution >= 0.6 is 11.8 Å². The fraction of sp³-hybridized carbons (Fsp3) is 0.238. The van der Waals surface area contributed by atoms with E-state index in [4.69, 9.17) is 19.9 Å². The second-order valence-electron chi connectivity index (χ2n) is 6.03. The lowest BCUT2D eigenvalue weighted by molar-refractivity contribution is -0.113. The average molecular weight is 398 g/mol. The number of aliphatic imine (C=N–C) groups is 1. The minimum Gasteiger partial charge on any atom is -0.491 e. The highest BCUT2D eigenvalue weighted by Gasteiger charge is 2.20. The second kappa shape index (κ2) is 9.96. The molecule has 3 rings (SSSR count). The topological polar surface area (TPSA) is 83.1 Å². The predicted octanol–water partition coefficient (Wildman–Crippen LogP) is 3.40. The number of amidine groups is 1. The molecule has 2 aromatic rings. The van der Waals surface area contributed by atoms with Gasteiger partial charge in [-0.2, -0.15) is 4.99 Å². The highest BCUT2D eigenvalue weighted by molar-refractivity contribution is 8.18. The van der Waals surface area contributed by atoms with Crippen LogP contribution in [-0.4, -0.2) is 37.5 Å². The Balaban J connectivity index is 1.40. The quantitative estimate of drug-likeness (QED) is 0.515. The zero-order valence-corrected chi connectivity index (χ0v) is 16.4. The Bertz CT molecular complexity index is 878. The molecule has 0 saturated heterocycles. The van der Waals surface area contributed by atoms with Gasteiger partial charge in [0.25, 0.3) is 5.91 Å². The summed E-state index contributed by atoms with van der Waals surface area (Å²) in [6.07, 6.45) is 1.74. The minimum atomic E-state index is -0.325. The lowest BCUT2D eigenvalue weighted by Crippen LogP contribution is -2.12. The summed E-state index contributed by atoms with van der Waals surface area (Å²) in [6, 6.07) is 15.4. The molecule has 2 aromatic carbocycles. The van der Waals surface area contributed by atoms with Crippen molar-refractivity contribution < 1.29 is 19.0 Å². The van der Waals surface area contributed by atoms with E-state index >= 15 is 0 Å². The summed E-state index contributed by atoms with van der Waals surface area (Å²) in [5, 5.41) is 0.260. The van der Waals surface area contributed by atoms with Crippen LogP contribution in [0.1, 0.15) is 11.1 Å². The number of amides is 1. The third-order valence-corrected chi connectivity index (χ3v) is 4.66. The molecule has 7 heteroatoms. The van der Waals surface area contributed by atoms with E-state index in [2.05, 4.69) is 4.99 Å². The number of nitrogens with two attached hydrogens (primary N) is 1. The van der Waals surface area contributed by atoms with Gasteiger partial charge >= 0.3 is 0 Å². The first-order chi connectivity index (χ1) is 13.6. The molecule has 1 amide bonds. The van der Waals surface area contributed by atoms with E-state index in [-0.39, 0.29) is 11.1 Å². The number of hydrogen-bond donors (Lipinski definition) is 1. The van der Waals surface area contributed by atoms with E-state index < -0.39 is 0 Å². The first kappa shape index (κ1) is 20.0. The maximum Gasteiger partial charge on any atom is 0.286 e. The standard InChI is InChI=1S/C21H22N2O4S/c1-15-6-8-17(9-7-15)26-12-10-25-11-13-27-18-5-3-2-4-16(18)14-19-20(24)23-21(22)28-19/h2-9,14H,10-13H2,1H3,(H2,22,23,24)/b19-14+. The lowest BCUT2D eigenvalue weighted by atomic mass is 10.2. The van der Waals surface area contributed by atoms with Crippen LogP contribution in [0.25, 0.3) is 6.08 Å². The van der Waals surface area contributed by atoms with Crippen LogP contribution in [0.2, 0.25) is 0 Å². The van der Waals surface area contributed by atoms with Crippen molar-refractivity contribution in [3.05, 3.63) is 64.6 Å². The zero-order valence-electron chi connectivity index (χ0n) is 15.6. The van der Waals surface area contributed by atoms with Gasteiger partial charge in [0.05, 0.1) is 18.1 Å². The molecule has 0 spiro atoms. The smallest absolute Gasteiger partial charge is 0.286 e. The highest BCUT2D eigenvalue weighted by Crippen LogP contribution is 2.29.